The molecule has 0 amide bonds. The molecule has 0 aliphatic rings. The summed E-state index contributed by atoms with van der Waals surface area (Å²) in [7, 11) is 0. The monoisotopic (exact) mass is 650 g/mol. The Morgan fingerprint density at radius 1 is 0.392 bits per heavy atom. The Kier molecular flexibility index (Phi) is 6.78. The Morgan fingerprint density at radius 3 is 1.71 bits per heavy atom. The second-order valence-corrected chi connectivity index (χ2v) is 12.8. The Hall–Kier alpha value is -6.91. The minimum atomic E-state index is 0.702. The van der Waals surface area contributed by atoms with Crippen molar-refractivity contribution in [1.29, 1.82) is 0 Å². The number of nitrogens with zero attached hydrogens (tertiary/aromatic N) is 4. The molecule has 238 valence electrons. The number of aromatic nitrogens is 4. The van der Waals surface area contributed by atoms with Crippen LogP contribution in [0.3, 0.4) is 0 Å². The Labute approximate surface area is 295 Å². The molecule has 0 aliphatic heterocycles. The molecule has 3 aromatic heterocycles. The zero-order valence-corrected chi connectivity index (χ0v) is 27.6. The van der Waals surface area contributed by atoms with E-state index in [4.69, 9.17) is 15.0 Å². The summed E-state index contributed by atoms with van der Waals surface area (Å²) in [6.45, 7) is 0. The molecule has 0 radical (unpaired) electrons. The third-order valence-corrected chi connectivity index (χ3v) is 9.80. The van der Waals surface area contributed by atoms with E-state index in [0.717, 1.165) is 77.7 Å². The lowest BCUT2D eigenvalue weighted by molar-refractivity contribution is 1.18. The van der Waals surface area contributed by atoms with E-state index in [2.05, 4.69) is 162 Å². The maximum absolute atomic E-state index is 5.34. The van der Waals surface area contributed by atoms with Crippen LogP contribution in [-0.2, 0) is 0 Å². The van der Waals surface area contributed by atoms with Crippen molar-refractivity contribution in [2.45, 2.75) is 0 Å². The Balaban J connectivity index is 1.28. The topological polar surface area (TPSA) is 43.6 Å². The first-order valence-corrected chi connectivity index (χ1v) is 17.2. The summed E-state index contributed by atoms with van der Waals surface area (Å²) in [6.07, 6.45) is 0. The highest BCUT2D eigenvalue weighted by Gasteiger charge is 2.22. The van der Waals surface area contributed by atoms with E-state index in [0.29, 0.717) is 5.82 Å². The molecule has 0 saturated carbocycles. The summed E-state index contributed by atoms with van der Waals surface area (Å²) >= 11 is 0. The highest BCUT2D eigenvalue weighted by atomic mass is 15.0. The third-order valence-electron chi connectivity index (χ3n) is 9.80. The van der Waals surface area contributed by atoms with Crippen LogP contribution >= 0.6 is 0 Å². The van der Waals surface area contributed by atoms with Gasteiger partial charge in [-0.3, -0.25) is 0 Å². The van der Waals surface area contributed by atoms with E-state index in [1.165, 1.54) is 10.8 Å². The van der Waals surface area contributed by atoms with Crippen LogP contribution in [0, 0.1) is 0 Å². The fourth-order valence-electron chi connectivity index (χ4n) is 7.50. The number of hydrogen-bond donors (Lipinski definition) is 0. The fourth-order valence-corrected chi connectivity index (χ4v) is 7.50. The number of hydrogen-bond acceptors (Lipinski definition) is 3. The molecule has 7 aromatic carbocycles. The van der Waals surface area contributed by atoms with Gasteiger partial charge >= 0.3 is 0 Å². The second kappa shape index (κ2) is 11.9. The van der Waals surface area contributed by atoms with Crippen molar-refractivity contribution in [2.24, 2.45) is 0 Å². The number of benzene rings is 7. The Bertz CT molecular complexity index is 2840. The van der Waals surface area contributed by atoms with E-state index >= 15 is 0 Å². The first kappa shape index (κ1) is 29.0. The third kappa shape index (κ3) is 4.80. The SMILES string of the molecule is c1ccc(-c2cc(-c3ccc(-n4c5ccccc5c5c6ccccc6nc(-c6ccccc6)c54)c4ccccc34)nc(-c3ccccc3)n2)cc1. The summed E-state index contributed by atoms with van der Waals surface area (Å²) in [6, 6.07) is 63.6. The summed E-state index contributed by atoms with van der Waals surface area (Å²) in [5.74, 6) is 0.702. The van der Waals surface area contributed by atoms with E-state index in [1.807, 2.05) is 24.3 Å². The van der Waals surface area contributed by atoms with Crippen LogP contribution in [0.5, 0.6) is 0 Å². The molecule has 0 aliphatic carbocycles. The maximum atomic E-state index is 5.34. The molecule has 4 heteroatoms. The lowest BCUT2D eigenvalue weighted by Crippen LogP contribution is -2.00. The van der Waals surface area contributed by atoms with Gasteiger partial charge in [0.15, 0.2) is 5.82 Å². The van der Waals surface area contributed by atoms with E-state index in [-0.39, 0.29) is 0 Å². The quantitative estimate of drug-likeness (QED) is 0.186. The van der Waals surface area contributed by atoms with E-state index in [9.17, 15) is 0 Å². The first-order chi connectivity index (χ1) is 25.3. The van der Waals surface area contributed by atoms with Gasteiger partial charge in [-0.05, 0) is 29.7 Å². The summed E-state index contributed by atoms with van der Waals surface area (Å²) < 4.78 is 2.42. The van der Waals surface area contributed by atoms with Gasteiger partial charge in [-0.2, -0.15) is 0 Å². The normalized spacial score (nSPS) is 11.5. The molecule has 0 fully saturated rings. The first-order valence-electron chi connectivity index (χ1n) is 17.2. The molecule has 3 heterocycles. The molecule has 0 atom stereocenters. The van der Waals surface area contributed by atoms with Gasteiger partial charge in [-0.1, -0.05) is 158 Å². The average Bonchev–Trinajstić information content (AvgIpc) is 3.56. The minimum absolute atomic E-state index is 0.702. The van der Waals surface area contributed by atoms with E-state index < -0.39 is 0 Å². The standard InChI is InChI=1S/C47H30N4/c1-4-16-31(17-5-1)40-30-41(50-47(49-40)33-20-8-3-9-21-33)35-28-29-43(36-23-11-10-22-34(35)36)51-42-27-15-13-25-38(42)44-37-24-12-14-26-39(37)48-45(46(44)51)32-18-6-2-7-19-32/h1-30H. The van der Waals surface area contributed by atoms with Gasteiger partial charge in [0.25, 0.3) is 0 Å². The zero-order chi connectivity index (χ0) is 33.7. The van der Waals surface area contributed by atoms with Crippen LogP contribution in [-0.4, -0.2) is 19.5 Å². The summed E-state index contributed by atoms with van der Waals surface area (Å²) in [4.78, 5) is 15.6. The van der Waals surface area contributed by atoms with Crippen molar-refractivity contribution >= 4 is 43.5 Å². The van der Waals surface area contributed by atoms with Gasteiger partial charge in [0.05, 0.1) is 39.3 Å². The van der Waals surface area contributed by atoms with Gasteiger partial charge in [0.2, 0.25) is 0 Å². The van der Waals surface area contributed by atoms with Crippen LogP contribution in [0.4, 0.5) is 0 Å². The van der Waals surface area contributed by atoms with Crippen molar-refractivity contribution in [3.8, 4) is 50.8 Å². The van der Waals surface area contributed by atoms with Crippen molar-refractivity contribution < 1.29 is 0 Å². The lowest BCUT2D eigenvalue weighted by atomic mass is 9.98. The lowest BCUT2D eigenvalue weighted by Gasteiger charge is -2.17. The second-order valence-electron chi connectivity index (χ2n) is 12.8. The molecule has 51 heavy (non-hydrogen) atoms. The van der Waals surface area contributed by atoms with Crippen LogP contribution in [0.2, 0.25) is 0 Å². The van der Waals surface area contributed by atoms with Gasteiger partial charge in [-0.15, -0.1) is 0 Å². The molecule has 0 N–H and O–H groups in total. The summed E-state index contributed by atoms with van der Waals surface area (Å²) in [5.41, 5.74) is 11.2. The Morgan fingerprint density at radius 2 is 0.961 bits per heavy atom. The van der Waals surface area contributed by atoms with Crippen molar-refractivity contribution in [3.63, 3.8) is 0 Å². The molecule has 4 nitrogen and oxygen atoms in total. The minimum Gasteiger partial charge on any atom is -0.306 e. The van der Waals surface area contributed by atoms with Gasteiger partial charge in [-0.25, -0.2) is 15.0 Å². The van der Waals surface area contributed by atoms with E-state index in [1.54, 1.807) is 0 Å². The molecular formula is C47H30N4. The van der Waals surface area contributed by atoms with Crippen LogP contribution in [0.1, 0.15) is 0 Å². The zero-order valence-electron chi connectivity index (χ0n) is 27.6. The average molecular weight is 651 g/mol. The molecule has 10 rings (SSSR count). The van der Waals surface area contributed by atoms with Gasteiger partial charge in [0.1, 0.15) is 0 Å². The van der Waals surface area contributed by atoms with Crippen molar-refractivity contribution in [2.75, 3.05) is 0 Å². The predicted molar refractivity (Wildman–Crippen MR) is 211 cm³/mol. The van der Waals surface area contributed by atoms with Gasteiger partial charge < -0.3 is 4.57 Å². The highest BCUT2D eigenvalue weighted by molar-refractivity contribution is 6.24. The van der Waals surface area contributed by atoms with Crippen LogP contribution < -0.4 is 0 Å². The highest BCUT2D eigenvalue weighted by Crippen LogP contribution is 2.43. The van der Waals surface area contributed by atoms with Crippen LogP contribution in [0.25, 0.3) is 94.3 Å². The molecule has 0 spiro atoms. The number of fused-ring (bicyclic) bond motifs is 6. The molecule has 0 saturated heterocycles. The number of para-hydroxylation sites is 2. The smallest absolute Gasteiger partial charge is 0.160 e. The molecule has 0 unspecified atom stereocenters. The maximum Gasteiger partial charge on any atom is 0.160 e. The van der Waals surface area contributed by atoms with Gasteiger partial charge in [0, 0.05) is 43.8 Å². The number of pyridine rings is 1. The number of rotatable bonds is 5. The van der Waals surface area contributed by atoms with Crippen molar-refractivity contribution in [3.05, 3.63) is 182 Å². The largest absolute Gasteiger partial charge is 0.306 e. The predicted octanol–water partition coefficient (Wildman–Crippen LogP) is 11.9. The molecule has 0 bridgehead atoms. The summed E-state index contributed by atoms with van der Waals surface area (Å²) in [5, 5.41) is 5.80. The molecular weight excluding hydrogens is 621 g/mol. The fraction of sp³-hybridized carbons (Fsp3) is 0. The molecule has 10 aromatic rings. The van der Waals surface area contributed by atoms with Crippen LogP contribution in [0.15, 0.2) is 182 Å². The van der Waals surface area contributed by atoms with Crippen molar-refractivity contribution in [1.82, 2.24) is 19.5 Å².